The Kier molecular flexibility index (Phi) is 7.14. The molecule has 1 saturated carbocycles. The van der Waals surface area contributed by atoms with Crippen LogP contribution >= 0.6 is 0 Å². The van der Waals surface area contributed by atoms with Gasteiger partial charge in [0.05, 0.1) is 0 Å². The van der Waals surface area contributed by atoms with Crippen LogP contribution in [0.5, 0.6) is 0 Å². The van der Waals surface area contributed by atoms with E-state index in [4.69, 9.17) is 5.73 Å². The Morgan fingerprint density at radius 2 is 1.93 bits per heavy atom. The first-order valence-electron chi connectivity index (χ1n) is 6.15. The Morgan fingerprint density at radius 1 is 1.40 bits per heavy atom. The van der Waals surface area contributed by atoms with Crippen LogP contribution in [0.2, 0.25) is 0 Å². The molecule has 1 fully saturated rings. The van der Waals surface area contributed by atoms with E-state index in [2.05, 4.69) is 31.2 Å². The Hall–Kier alpha value is -0.120. The minimum absolute atomic E-state index is 0.567. The molecule has 0 spiro atoms. The van der Waals surface area contributed by atoms with Crippen LogP contribution in [0, 0.1) is 5.41 Å². The summed E-state index contributed by atoms with van der Waals surface area (Å²) in [7, 11) is 4.13. The van der Waals surface area contributed by atoms with Crippen molar-refractivity contribution in [1.82, 2.24) is 10.2 Å². The Balaban J connectivity index is 0.000000921. The molecule has 3 heteroatoms. The molecule has 1 aliphatic rings. The minimum Gasteiger partial charge on any atom is -0.318 e. The van der Waals surface area contributed by atoms with E-state index in [1.165, 1.54) is 19.3 Å². The van der Waals surface area contributed by atoms with Gasteiger partial charge < -0.3 is 11.1 Å². The summed E-state index contributed by atoms with van der Waals surface area (Å²) in [5.74, 6) is 0. The van der Waals surface area contributed by atoms with Crippen LogP contribution in [-0.4, -0.2) is 38.3 Å². The summed E-state index contributed by atoms with van der Waals surface area (Å²) in [6, 6.07) is 0.758. The van der Waals surface area contributed by atoms with Crippen LogP contribution in [0.1, 0.15) is 40.0 Å². The van der Waals surface area contributed by atoms with Crippen LogP contribution in [-0.2, 0) is 0 Å². The number of nitrogens with one attached hydrogen (secondary N) is 1. The summed E-state index contributed by atoms with van der Waals surface area (Å²) in [4.78, 5) is 2.18. The highest BCUT2D eigenvalue weighted by Crippen LogP contribution is 2.43. The maximum atomic E-state index is 5.53. The first-order valence-corrected chi connectivity index (χ1v) is 6.15. The lowest BCUT2D eigenvalue weighted by atomic mass is 9.65. The molecule has 3 N–H and O–H groups in total. The van der Waals surface area contributed by atoms with Crippen molar-refractivity contribution < 1.29 is 0 Å². The van der Waals surface area contributed by atoms with Gasteiger partial charge in [-0.2, -0.15) is 0 Å². The van der Waals surface area contributed by atoms with E-state index in [9.17, 15) is 0 Å². The van der Waals surface area contributed by atoms with Crippen molar-refractivity contribution >= 4 is 0 Å². The third-order valence-corrected chi connectivity index (χ3v) is 3.30. The average Bonchev–Trinajstić information content (AvgIpc) is 2.24. The zero-order valence-electron chi connectivity index (χ0n) is 11.1. The molecule has 0 bridgehead atoms. The van der Waals surface area contributed by atoms with Gasteiger partial charge in [-0.25, -0.2) is 0 Å². The monoisotopic (exact) mass is 215 g/mol. The zero-order valence-corrected chi connectivity index (χ0v) is 11.1. The van der Waals surface area contributed by atoms with Gasteiger partial charge in [-0.15, -0.1) is 0 Å². The summed E-state index contributed by atoms with van der Waals surface area (Å²) in [6.07, 6.45) is 3.92. The van der Waals surface area contributed by atoms with E-state index in [0.717, 1.165) is 12.6 Å². The first kappa shape index (κ1) is 14.9. The van der Waals surface area contributed by atoms with E-state index < -0.39 is 0 Å². The molecule has 92 valence electrons. The molecular weight excluding hydrogens is 186 g/mol. The summed E-state index contributed by atoms with van der Waals surface area (Å²) >= 11 is 0. The first-order chi connectivity index (χ1) is 7.09. The predicted molar refractivity (Wildman–Crippen MR) is 67.8 cm³/mol. The molecule has 0 radical (unpaired) electrons. The van der Waals surface area contributed by atoms with E-state index in [-0.39, 0.29) is 0 Å². The van der Waals surface area contributed by atoms with Crippen LogP contribution < -0.4 is 11.1 Å². The van der Waals surface area contributed by atoms with Crippen molar-refractivity contribution in [3.05, 3.63) is 0 Å². The number of rotatable bonds is 5. The second-order valence-electron chi connectivity index (χ2n) is 4.72. The minimum atomic E-state index is 0.567. The molecule has 0 atom stereocenters. The predicted octanol–water partition coefficient (Wildman–Crippen LogP) is 1.64. The van der Waals surface area contributed by atoms with Gasteiger partial charge in [0, 0.05) is 12.7 Å². The fourth-order valence-corrected chi connectivity index (χ4v) is 2.09. The van der Waals surface area contributed by atoms with Gasteiger partial charge in [0.1, 0.15) is 0 Å². The third-order valence-electron chi connectivity index (χ3n) is 3.30. The number of hydrogen-bond acceptors (Lipinski definition) is 3. The molecule has 1 aliphatic carbocycles. The van der Waals surface area contributed by atoms with Crippen molar-refractivity contribution in [3.63, 3.8) is 0 Å². The van der Waals surface area contributed by atoms with Crippen molar-refractivity contribution in [2.24, 2.45) is 11.1 Å². The quantitative estimate of drug-likeness (QED) is 0.685. The van der Waals surface area contributed by atoms with Crippen molar-refractivity contribution in [3.8, 4) is 0 Å². The van der Waals surface area contributed by atoms with Gasteiger partial charge in [0.25, 0.3) is 0 Å². The molecule has 0 amide bonds. The Labute approximate surface area is 95.4 Å². The lowest BCUT2D eigenvalue weighted by Gasteiger charge is -2.46. The van der Waals surface area contributed by atoms with Gasteiger partial charge in [-0.05, 0) is 45.3 Å². The number of nitrogens with two attached hydrogens (primary N) is 1. The van der Waals surface area contributed by atoms with E-state index in [1.807, 2.05) is 13.8 Å². The molecule has 0 aromatic carbocycles. The van der Waals surface area contributed by atoms with Crippen molar-refractivity contribution in [1.29, 1.82) is 0 Å². The van der Waals surface area contributed by atoms with Crippen molar-refractivity contribution in [2.75, 3.05) is 27.3 Å². The molecule has 0 saturated heterocycles. The lowest BCUT2D eigenvalue weighted by Crippen LogP contribution is -2.47. The second-order valence-corrected chi connectivity index (χ2v) is 4.72. The molecule has 3 nitrogen and oxygen atoms in total. The molecule has 0 unspecified atom stereocenters. The molecule has 0 heterocycles. The van der Waals surface area contributed by atoms with Crippen LogP contribution in [0.25, 0.3) is 0 Å². The average molecular weight is 215 g/mol. The Morgan fingerprint density at radius 3 is 2.33 bits per heavy atom. The van der Waals surface area contributed by atoms with Gasteiger partial charge in [0.15, 0.2) is 0 Å². The van der Waals surface area contributed by atoms with E-state index in [1.54, 1.807) is 0 Å². The zero-order chi connectivity index (χ0) is 11.9. The maximum absolute atomic E-state index is 5.53. The molecular formula is C12H29N3. The van der Waals surface area contributed by atoms with E-state index in [0.29, 0.717) is 12.1 Å². The molecule has 0 aromatic heterocycles. The highest BCUT2D eigenvalue weighted by atomic mass is 15.1. The van der Waals surface area contributed by atoms with Crippen LogP contribution in [0.4, 0.5) is 0 Å². The largest absolute Gasteiger partial charge is 0.318 e. The second kappa shape index (κ2) is 7.20. The fraction of sp³-hybridized carbons (Fsp3) is 1.00. The smallest absolute Gasteiger partial charge is 0.0452 e. The van der Waals surface area contributed by atoms with Crippen molar-refractivity contribution in [2.45, 2.75) is 46.1 Å². The fourth-order valence-electron chi connectivity index (χ4n) is 2.09. The van der Waals surface area contributed by atoms with Crippen LogP contribution in [0.15, 0.2) is 0 Å². The standard InChI is InChI=1S/C10H23N3.C2H6/c1-10(4-5-13(3)8-11)6-9(7-10)12-2;1-2/h9,12H,4-8,11H2,1-3H3;1-2H3. The molecule has 15 heavy (non-hydrogen) atoms. The molecule has 1 rings (SSSR count). The molecule has 0 aromatic rings. The normalized spacial score (nSPS) is 29.4. The number of nitrogens with zero attached hydrogens (tertiary/aromatic N) is 1. The summed E-state index contributed by atoms with van der Waals surface area (Å²) in [5.41, 5.74) is 6.09. The Bertz CT molecular complexity index is 153. The highest BCUT2D eigenvalue weighted by molar-refractivity contribution is 4.94. The summed E-state index contributed by atoms with van der Waals surface area (Å²) < 4.78 is 0. The summed E-state index contributed by atoms with van der Waals surface area (Å²) in [5, 5.41) is 3.32. The van der Waals surface area contributed by atoms with E-state index >= 15 is 0 Å². The van der Waals surface area contributed by atoms with Gasteiger partial charge in [0.2, 0.25) is 0 Å². The van der Waals surface area contributed by atoms with Gasteiger partial charge in [-0.3, -0.25) is 4.90 Å². The summed E-state index contributed by atoms with van der Waals surface area (Å²) in [6.45, 7) is 8.18. The van der Waals surface area contributed by atoms with Gasteiger partial charge in [-0.1, -0.05) is 20.8 Å². The topological polar surface area (TPSA) is 41.3 Å². The SMILES string of the molecule is CC.CNC1CC(C)(CCN(C)CN)C1. The lowest BCUT2D eigenvalue weighted by molar-refractivity contribution is 0.0849. The highest BCUT2D eigenvalue weighted by Gasteiger charge is 2.38. The number of hydrogen-bond donors (Lipinski definition) is 2. The molecule has 0 aliphatic heterocycles. The maximum Gasteiger partial charge on any atom is 0.0452 e. The van der Waals surface area contributed by atoms with Gasteiger partial charge >= 0.3 is 0 Å². The van der Waals surface area contributed by atoms with Crippen LogP contribution in [0.3, 0.4) is 0 Å². The third kappa shape index (κ3) is 4.96.